The highest BCUT2D eigenvalue weighted by atomic mass is 16.5. The van der Waals surface area contributed by atoms with E-state index >= 15 is 0 Å². The fourth-order valence-electron chi connectivity index (χ4n) is 4.34. The quantitative estimate of drug-likeness (QED) is 0.581. The molecule has 33 heavy (non-hydrogen) atoms. The van der Waals surface area contributed by atoms with Crippen LogP contribution < -0.4 is 10.1 Å². The number of pyridine rings is 1. The molecule has 0 amide bonds. The van der Waals surface area contributed by atoms with Gasteiger partial charge in [-0.2, -0.15) is 5.26 Å². The molecule has 0 unspecified atom stereocenters. The number of ether oxygens (including phenoxy) is 2. The number of carbonyl (C=O) groups excluding carboxylic acids is 1. The summed E-state index contributed by atoms with van der Waals surface area (Å²) in [6.45, 7) is 5.25. The van der Waals surface area contributed by atoms with Crippen molar-refractivity contribution in [3.05, 3.63) is 64.1 Å². The van der Waals surface area contributed by atoms with Gasteiger partial charge in [0, 0.05) is 43.9 Å². The van der Waals surface area contributed by atoms with Crippen LogP contribution in [-0.4, -0.2) is 57.5 Å². The number of nitriles is 1. The molecule has 2 aliphatic heterocycles. The SMILES string of the molecule is [2H]C([2H])([2H])Oc1cc(-n2cc(CN3CCN[C@H](c4ccc5c(c4C)COC5=O)C3)nn2)ncc1C#N. The molecule has 1 saturated heterocycles. The Balaban J connectivity index is 1.30. The molecule has 0 saturated carbocycles. The second-order valence-corrected chi connectivity index (χ2v) is 8.03. The summed E-state index contributed by atoms with van der Waals surface area (Å²) in [4.78, 5) is 18.3. The Morgan fingerprint density at radius 1 is 1.45 bits per heavy atom. The monoisotopic (exact) mass is 448 g/mol. The average Bonchev–Trinajstić information content (AvgIpc) is 3.46. The van der Waals surface area contributed by atoms with E-state index in [1.54, 1.807) is 6.20 Å². The van der Waals surface area contributed by atoms with Crippen molar-refractivity contribution in [1.82, 2.24) is 30.2 Å². The minimum absolute atomic E-state index is 0.0137. The Morgan fingerprint density at radius 2 is 2.36 bits per heavy atom. The molecule has 4 heterocycles. The van der Waals surface area contributed by atoms with Gasteiger partial charge in [-0.25, -0.2) is 14.5 Å². The molecule has 0 spiro atoms. The summed E-state index contributed by atoms with van der Waals surface area (Å²) >= 11 is 0. The van der Waals surface area contributed by atoms with Gasteiger partial charge in [0.25, 0.3) is 0 Å². The summed E-state index contributed by atoms with van der Waals surface area (Å²) in [6.07, 6.45) is 2.96. The van der Waals surface area contributed by atoms with Crippen molar-refractivity contribution in [3.63, 3.8) is 0 Å². The van der Waals surface area contributed by atoms with Gasteiger partial charge in [-0.3, -0.25) is 4.90 Å². The van der Waals surface area contributed by atoms with Crippen LogP contribution in [0.3, 0.4) is 0 Å². The fourth-order valence-corrected chi connectivity index (χ4v) is 4.34. The first-order valence-electron chi connectivity index (χ1n) is 12.0. The van der Waals surface area contributed by atoms with E-state index in [1.165, 1.54) is 16.9 Å². The highest BCUT2D eigenvalue weighted by molar-refractivity contribution is 5.94. The molecule has 0 radical (unpaired) electrons. The van der Waals surface area contributed by atoms with E-state index in [-0.39, 0.29) is 29.1 Å². The maximum Gasteiger partial charge on any atom is 0.338 e. The van der Waals surface area contributed by atoms with E-state index in [4.69, 9.17) is 13.6 Å². The van der Waals surface area contributed by atoms with E-state index < -0.39 is 7.04 Å². The van der Waals surface area contributed by atoms with E-state index in [1.807, 2.05) is 25.1 Å². The molecule has 0 aliphatic carbocycles. The Hall–Kier alpha value is -3.81. The minimum Gasteiger partial charge on any atom is -0.495 e. The van der Waals surface area contributed by atoms with Crippen LogP contribution in [0, 0.1) is 18.3 Å². The van der Waals surface area contributed by atoms with Gasteiger partial charge < -0.3 is 14.8 Å². The molecular formula is C23H23N7O3. The lowest BCUT2D eigenvalue weighted by Gasteiger charge is -2.34. The molecule has 2 aromatic heterocycles. The van der Waals surface area contributed by atoms with Crippen LogP contribution in [0.25, 0.3) is 5.82 Å². The van der Waals surface area contributed by atoms with Gasteiger partial charge in [0.2, 0.25) is 0 Å². The van der Waals surface area contributed by atoms with Gasteiger partial charge in [0.15, 0.2) is 5.82 Å². The maximum atomic E-state index is 11.9. The van der Waals surface area contributed by atoms with E-state index in [0.29, 0.717) is 24.4 Å². The molecule has 10 heteroatoms. The lowest BCUT2D eigenvalue weighted by atomic mass is 9.93. The number of rotatable bonds is 5. The third-order valence-corrected chi connectivity index (χ3v) is 6.09. The fraction of sp³-hybridized carbons (Fsp3) is 0.348. The van der Waals surface area contributed by atoms with Gasteiger partial charge in [-0.1, -0.05) is 11.3 Å². The molecular weight excluding hydrogens is 422 g/mol. The summed E-state index contributed by atoms with van der Waals surface area (Å²) in [7, 11) is -2.70. The highest BCUT2D eigenvalue weighted by Crippen LogP contribution is 2.30. The number of benzene rings is 1. The zero-order valence-electron chi connectivity index (χ0n) is 20.9. The second kappa shape index (κ2) is 8.61. The van der Waals surface area contributed by atoms with Crippen molar-refractivity contribution in [3.8, 4) is 17.6 Å². The van der Waals surface area contributed by atoms with Gasteiger partial charge >= 0.3 is 5.97 Å². The number of esters is 1. The van der Waals surface area contributed by atoms with Crippen LogP contribution in [0.2, 0.25) is 0 Å². The molecule has 10 nitrogen and oxygen atoms in total. The van der Waals surface area contributed by atoms with Crippen LogP contribution in [0.15, 0.2) is 30.6 Å². The first-order valence-corrected chi connectivity index (χ1v) is 10.5. The molecule has 1 N–H and O–H groups in total. The summed E-state index contributed by atoms with van der Waals surface area (Å²) < 4.78 is 33.5. The predicted octanol–water partition coefficient (Wildman–Crippen LogP) is 1.67. The van der Waals surface area contributed by atoms with Gasteiger partial charge in [-0.15, -0.1) is 5.10 Å². The largest absolute Gasteiger partial charge is 0.495 e. The van der Waals surface area contributed by atoms with Gasteiger partial charge in [0.05, 0.1) is 34.8 Å². The zero-order chi connectivity index (χ0) is 25.4. The number of hydrogen-bond acceptors (Lipinski definition) is 9. The van der Waals surface area contributed by atoms with E-state index in [0.717, 1.165) is 36.3 Å². The van der Waals surface area contributed by atoms with Crippen LogP contribution in [-0.2, 0) is 17.9 Å². The summed E-state index contributed by atoms with van der Waals surface area (Å²) in [5, 5.41) is 21.1. The van der Waals surface area contributed by atoms with Gasteiger partial charge in [-0.05, 0) is 24.1 Å². The van der Waals surface area contributed by atoms with Crippen molar-refractivity contribution < 1.29 is 18.4 Å². The van der Waals surface area contributed by atoms with Crippen molar-refractivity contribution in [2.75, 3.05) is 26.7 Å². The number of hydrogen-bond donors (Lipinski definition) is 1. The van der Waals surface area contributed by atoms with Crippen molar-refractivity contribution in [2.45, 2.75) is 26.1 Å². The summed E-state index contributed by atoms with van der Waals surface area (Å²) in [5.41, 5.74) is 4.54. The highest BCUT2D eigenvalue weighted by Gasteiger charge is 2.28. The number of carbonyl (C=O) groups is 1. The third-order valence-electron chi connectivity index (χ3n) is 6.09. The third kappa shape index (κ3) is 3.92. The van der Waals surface area contributed by atoms with Crippen molar-refractivity contribution in [1.29, 1.82) is 5.26 Å². The predicted molar refractivity (Wildman–Crippen MR) is 117 cm³/mol. The average molecular weight is 449 g/mol. The zero-order valence-corrected chi connectivity index (χ0v) is 17.9. The van der Waals surface area contributed by atoms with Crippen LogP contribution in [0.1, 0.15) is 48.5 Å². The van der Waals surface area contributed by atoms with Crippen LogP contribution >= 0.6 is 0 Å². The number of nitrogens with one attached hydrogen (secondary N) is 1. The minimum atomic E-state index is -2.70. The topological polar surface area (TPSA) is 118 Å². The maximum absolute atomic E-state index is 11.9. The summed E-state index contributed by atoms with van der Waals surface area (Å²) in [6, 6.07) is 7.16. The molecule has 1 aromatic carbocycles. The van der Waals surface area contributed by atoms with Gasteiger partial charge in [0.1, 0.15) is 24.0 Å². The summed E-state index contributed by atoms with van der Waals surface area (Å²) in [5.74, 6) is -0.0770. The molecule has 2 aliphatic rings. The molecule has 168 valence electrons. The van der Waals surface area contributed by atoms with E-state index in [9.17, 15) is 10.1 Å². The van der Waals surface area contributed by atoms with Crippen LogP contribution in [0.5, 0.6) is 5.75 Å². The molecule has 0 bridgehead atoms. The Kier molecular flexibility index (Phi) is 4.62. The van der Waals surface area contributed by atoms with Crippen molar-refractivity contribution >= 4 is 5.97 Å². The molecule has 1 fully saturated rings. The normalized spacial score (nSPS) is 19.7. The lowest BCUT2D eigenvalue weighted by molar-refractivity contribution is 0.0535. The van der Waals surface area contributed by atoms with Crippen molar-refractivity contribution in [2.24, 2.45) is 0 Å². The number of piperazine rings is 1. The molecule has 3 aromatic rings. The van der Waals surface area contributed by atoms with Crippen LogP contribution in [0.4, 0.5) is 0 Å². The smallest absolute Gasteiger partial charge is 0.338 e. The first-order chi connectivity index (χ1) is 17.2. The lowest BCUT2D eigenvalue weighted by Crippen LogP contribution is -2.45. The standard InChI is InChI=1S/C23H23N7O3/c1-14-17(3-4-18-19(14)13-33-23(18)31)20-12-29(6-5-25-20)10-16-11-30(28-27-16)22-7-21(32-2)15(8-24)9-26-22/h3-4,7,9,11,20,25H,5-6,10,12-13H2,1-2H3/t20-/m0/s1/i2D3. The number of nitrogens with zero attached hydrogens (tertiary/aromatic N) is 6. The molecule has 1 atom stereocenters. The Bertz CT molecular complexity index is 1370. The first kappa shape index (κ1) is 17.7. The number of fused-ring (bicyclic) bond motifs is 1. The number of aromatic nitrogens is 4. The number of cyclic esters (lactones) is 1. The van der Waals surface area contributed by atoms with E-state index in [2.05, 4.69) is 25.5 Å². The Morgan fingerprint density at radius 3 is 3.21 bits per heavy atom. The Labute approximate surface area is 195 Å². The molecule has 5 rings (SSSR count). The second-order valence-electron chi connectivity index (χ2n) is 8.03. The number of methoxy groups -OCH3 is 1.